The molecule has 0 heterocycles. The van der Waals surface area contributed by atoms with Crippen molar-refractivity contribution in [3.8, 4) is 0 Å². The summed E-state index contributed by atoms with van der Waals surface area (Å²) in [6.45, 7) is 0. The lowest BCUT2D eigenvalue weighted by Crippen LogP contribution is -2.26. The normalized spacial score (nSPS) is 11.2. The van der Waals surface area contributed by atoms with Crippen molar-refractivity contribution in [3.05, 3.63) is 90.7 Å². The highest BCUT2D eigenvalue weighted by molar-refractivity contribution is 7.93. The summed E-state index contributed by atoms with van der Waals surface area (Å²) >= 11 is 0. The van der Waals surface area contributed by atoms with Crippen molar-refractivity contribution < 1.29 is 12.8 Å². The number of benzene rings is 3. The van der Waals surface area contributed by atoms with Crippen LogP contribution in [-0.4, -0.2) is 8.42 Å². The maximum atomic E-state index is 13.1. The molecule has 3 nitrogen and oxygen atoms in total. The van der Waals surface area contributed by atoms with E-state index >= 15 is 0 Å². The van der Waals surface area contributed by atoms with Gasteiger partial charge in [-0.15, -0.1) is 0 Å². The van der Waals surface area contributed by atoms with Crippen LogP contribution in [-0.2, 0) is 10.0 Å². The molecule has 23 heavy (non-hydrogen) atoms. The smallest absolute Gasteiger partial charge is 0.235 e. The van der Waals surface area contributed by atoms with Gasteiger partial charge in [0.15, 0.2) is 0 Å². The van der Waals surface area contributed by atoms with Gasteiger partial charge in [0, 0.05) is 0 Å². The Labute approximate surface area is 134 Å². The van der Waals surface area contributed by atoms with Gasteiger partial charge in [0.05, 0.1) is 16.3 Å². The fraction of sp³-hybridized carbons (Fsp3) is 0. The van der Waals surface area contributed by atoms with Gasteiger partial charge in [-0.1, -0.05) is 36.4 Å². The maximum Gasteiger partial charge on any atom is 0.268 e. The average Bonchev–Trinajstić information content (AvgIpc) is 2.57. The van der Waals surface area contributed by atoms with E-state index in [1.54, 1.807) is 48.5 Å². The van der Waals surface area contributed by atoms with Gasteiger partial charge < -0.3 is 0 Å². The van der Waals surface area contributed by atoms with Crippen LogP contribution in [0.25, 0.3) is 0 Å². The zero-order valence-electron chi connectivity index (χ0n) is 12.1. The molecule has 0 amide bonds. The van der Waals surface area contributed by atoms with Crippen molar-refractivity contribution in [2.45, 2.75) is 4.90 Å². The van der Waals surface area contributed by atoms with Gasteiger partial charge in [-0.3, -0.25) is 0 Å². The van der Waals surface area contributed by atoms with Gasteiger partial charge in [0.1, 0.15) is 5.82 Å². The highest BCUT2D eigenvalue weighted by Crippen LogP contribution is 2.31. The summed E-state index contributed by atoms with van der Waals surface area (Å²) in [5, 5.41) is 0. The lowest BCUT2D eigenvalue weighted by molar-refractivity contribution is 0.595. The topological polar surface area (TPSA) is 37.4 Å². The summed E-state index contributed by atoms with van der Waals surface area (Å²) in [5.74, 6) is -0.477. The molecule has 0 unspecified atom stereocenters. The lowest BCUT2D eigenvalue weighted by atomic mass is 10.3. The first-order valence-electron chi connectivity index (χ1n) is 7.00. The van der Waals surface area contributed by atoms with Crippen molar-refractivity contribution in [3.63, 3.8) is 0 Å². The molecule has 0 spiro atoms. The van der Waals surface area contributed by atoms with Crippen molar-refractivity contribution in [1.82, 2.24) is 0 Å². The monoisotopic (exact) mass is 327 g/mol. The van der Waals surface area contributed by atoms with E-state index in [0.717, 1.165) is 12.1 Å². The summed E-state index contributed by atoms with van der Waals surface area (Å²) < 4.78 is 40.5. The maximum absolute atomic E-state index is 13.1. The summed E-state index contributed by atoms with van der Waals surface area (Å²) in [5.41, 5.74) is 1.03. The number of hydrogen-bond acceptors (Lipinski definition) is 2. The van der Waals surface area contributed by atoms with Gasteiger partial charge in [-0.05, 0) is 48.5 Å². The number of halogens is 1. The van der Waals surface area contributed by atoms with E-state index in [2.05, 4.69) is 0 Å². The first-order valence-corrected chi connectivity index (χ1v) is 8.44. The van der Waals surface area contributed by atoms with Crippen LogP contribution >= 0.6 is 0 Å². The van der Waals surface area contributed by atoms with E-state index in [1.165, 1.54) is 16.4 Å². The quantitative estimate of drug-likeness (QED) is 0.714. The predicted octanol–water partition coefficient (Wildman–Crippen LogP) is 4.35. The van der Waals surface area contributed by atoms with Gasteiger partial charge in [0.2, 0.25) is 0 Å². The van der Waals surface area contributed by atoms with E-state index in [1.807, 2.05) is 12.1 Å². The molecule has 0 saturated heterocycles. The minimum atomic E-state index is -3.86. The third-order valence-corrected chi connectivity index (χ3v) is 5.10. The van der Waals surface area contributed by atoms with E-state index in [9.17, 15) is 12.8 Å². The first kappa shape index (κ1) is 15.2. The third kappa shape index (κ3) is 3.10. The molecule has 3 aromatic rings. The molecular weight excluding hydrogens is 313 g/mol. The number of para-hydroxylation sites is 2. The van der Waals surface area contributed by atoms with Gasteiger partial charge in [-0.25, -0.2) is 17.1 Å². The minimum absolute atomic E-state index is 0.0339. The summed E-state index contributed by atoms with van der Waals surface area (Å²) in [7, 11) is -3.86. The molecule has 0 saturated carbocycles. The van der Waals surface area contributed by atoms with E-state index in [0.29, 0.717) is 11.4 Å². The summed E-state index contributed by atoms with van der Waals surface area (Å²) in [4.78, 5) is 0.0339. The number of nitrogens with zero attached hydrogens (tertiary/aromatic N) is 1. The number of hydrogen-bond donors (Lipinski definition) is 0. The fourth-order valence-corrected chi connectivity index (χ4v) is 3.75. The van der Waals surface area contributed by atoms with Gasteiger partial charge in [-0.2, -0.15) is 0 Å². The minimum Gasteiger partial charge on any atom is -0.235 e. The van der Waals surface area contributed by atoms with Crippen molar-refractivity contribution in [2.24, 2.45) is 0 Å². The predicted molar refractivity (Wildman–Crippen MR) is 88.6 cm³/mol. The van der Waals surface area contributed by atoms with Crippen LogP contribution in [0, 0.1) is 5.82 Å². The standard InChI is InChI=1S/C18H14FNO2S/c19-15-11-13-18(14-12-15)23(21,22)20(16-7-3-1-4-8-16)17-9-5-2-6-10-17/h1-14H. The van der Waals surface area contributed by atoms with Crippen LogP contribution in [0.3, 0.4) is 0 Å². The van der Waals surface area contributed by atoms with Gasteiger partial charge in [0.25, 0.3) is 10.0 Å². The first-order chi connectivity index (χ1) is 11.1. The van der Waals surface area contributed by atoms with Crippen LogP contribution in [0.4, 0.5) is 15.8 Å². The van der Waals surface area contributed by atoms with E-state index < -0.39 is 15.8 Å². The molecular formula is C18H14FNO2S. The van der Waals surface area contributed by atoms with Crippen molar-refractivity contribution in [1.29, 1.82) is 0 Å². The highest BCUT2D eigenvalue weighted by Gasteiger charge is 2.26. The highest BCUT2D eigenvalue weighted by atomic mass is 32.2. The molecule has 0 aromatic heterocycles. The van der Waals surface area contributed by atoms with E-state index in [-0.39, 0.29) is 4.90 Å². The number of anilines is 2. The Kier molecular flexibility index (Phi) is 4.12. The lowest BCUT2D eigenvalue weighted by Gasteiger charge is -2.24. The van der Waals surface area contributed by atoms with Gasteiger partial charge >= 0.3 is 0 Å². The zero-order chi connectivity index (χ0) is 16.3. The second kappa shape index (κ2) is 6.22. The SMILES string of the molecule is O=S(=O)(c1ccc(F)cc1)N(c1ccccc1)c1ccccc1. The second-order valence-corrected chi connectivity index (χ2v) is 6.68. The van der Waals surface area contributed by atoms with Crippen LogP contribution in [0.1, 0.15) is 0 Å². The van der Waals surface area contributed by atoms with Crippen molar-refractivity contribution >= 4 is 21.4 Å². The molecule has 116 valence electrons. The summed E-state index contributed by atoms with van der Waals surface area (Å²) in [6, 6.07) is 22.4. The van der Waals surface area contributed by atoms with Crippen LogP contribution in [0.5, 0.6) is 0 Å². The zero-order valence-corrected chi connectivity index (χ0v) is 12.9. The Bertz CT molecular complexity index is 840. The van der Waals surface area contributed by atoms with Crippen LogP contribution < -0.4 is 4.31 Å². The fourth-order valence-electron chi connectivity index (χ4n) is 2.27. The Hall–Kier alpha value is -2.66. The van der Waals surface area contributed by atoms with Crippen molar-refractivity contribution in [2.75, 3.05) is 4.31 Å². The van der Waals surface area contributed by atoms with Crippen LogP contribution in [0.2, 0.25) is 0 Å². The van der Waals surface area contributed by atoms with E-state index in [4.69, 9.17) is 0 Å². The Morgan fingerprint density at radius 2 is 1.09 bits per heavy atom. The number of sulfonamides is 1. The molecule has 0 bridgehead atoms. The molecule has 0 aliphatic heterocycles. The third-order valence-electron chi connectivity index (χ3n) is 3.33. The molecule has 3 aromatic carbocycles. The molecule has 3 rings (SSSR count). The molecule has 0 N–H and O–H groups in total. The molecule has 0 aliphatic carbocycles. The largest absolute Gasteiger partial charge is 0.268 e. The second-order valence-electron chi connectivity index (χ2n) is 4.89. The summed E-state index contributed by atoms with van der Waals surface area (Å²) in [6.07, 6.45) is 0. The molecule has 0 fully saturated rings. The molecule has 0 radical (unpaired) electrons. The molecule has 5 heteroatoms. The molecule has 0 atom stereocenters. The Morgan fingerprint density at radius 3 is 1.52 bits per heavy atom. The molecule has 0 aliphatic rings. The Morgan fingerprint density at radius 1 is 0.652 bits per heavy atom. The Balaban J connectivity index is 2.17. The van der Waals surface area contributed by atoms with Crippen LogP contribution in [0.15, 0.2) is 89.8 Å². The average molecular weight is 327 g/mol. The number of rotatable bonds is 4.